The maximum Gasteiger partial charge on any atom is 0.128 e. The van der Waals surface area contributed by atoms with Crippen LogP contribution in [0.5, 0.6) is 0 Å². The molecular weight excluding hydrogens is 227 g/mol. The van der Waals surface area contributed by atoms with Gasteiger partial charge in [-0.15, -0.1) is 0 Å². The van der Waals surface area contributed by atoms with Crippen LogP contribution in [0.25, 0.3) is 0 Å². The lowest BCUT2D eigenvalue weighted by molar-refractivity contribution is 0.609. The molecule has 2 nitrogen and oxygen atoms in total. The zero-order valence-corrected chi connectivity index (χ0v) is 9.00. The fraction of sp³-hybridized carbons (Fsp3) is 0.0833. The summed E-state index contributed by atoms with van der Waals surface area (Å²) in [5.41, 5.74) is 1.03. The van der Waals surface area contributed by atoms with Crippen LogP contribution in [0.3, 0.4) is 0 Å². The van der Waals surface area contributed by atoms with Crippen LogP contribution in [-0.2, 0) is 0 Å². The van der Waals surface area contributed by atoms with Gasteiger partial charge in [0.2, 0.25) is 0 Å². The fourth-order valence-corrected chi connectivity index (χ4v) is 1.76. The molecule has 0 radical (unpaired) electrons. The SMILES string of the molecule is N#CC(c1cc[nH]c1)c1cc(Cl)ccc1F. The van der Waals surface area contributed by atoms with Crippen LogP contribution in [0, 0.1) is 17.1 Å². The lowest BCUT2D eigenvalue weighted by atomic mass is 9.94. The molecule has 0 spiro atoms. The van der Waals surface area contributed by atoms with E-state index in [0.29, 0.717) is 10.6 Å². The van der Waals surface area contributed by atoms with Crippen LogP contribution < -0.4 is 0 Å². The molecule has 80 valence electrons. The molecule has 0 aliphatic rings. The molecule has 0 saturated heterocycles. The number of rotatable bonds is 2. The molecule has 2 rings (SSSR count). The van der Waals surface area contributed by atoms with Crippen molar-refractivity contribution in [1.29, 1.82) is 5.26 Å². The first-order valence-electron chi connectivity index (χ1n) is 4.69. The van der Waals surface area contributed by atoms with Crippen molar-refractivity contribution in [3.05, 3.63) is 58.6 Å². The number of H-pyrrole nitrogens is 1. The molecule has 1 aromatic carbocycles. The van der Waals surface area contributed by atoms with Crippen LogP contribution in [0.4, 0.5) is 4.39 Å². The Balaban J connectivity index is 2.50. The van der Waals surface area contributed by atoms with E-state index in [1.807, 2.05) is 0 Å². The zero-order chi connectivity index (χ0) is 11.5. The predicted molar refractivity (Wildman–Crippen MR) is 59.7 cm³/mol. The first-order valence-corrected chi connectivity index (χ1v) is 5.07. The normalized spacial score (nSPS) is 12.1. The lowest BCUT2D eigenvalue weighted by Crippen LogP contribution is -2.00. The number of nitrogens with one attached hydrogen (secondary N) is 1. The first-order chi connectivity index (χ1) is 7.72. The Hall–Kier alpha value is -1.79. The minimum Gasteiger partial charge on any atom is -0.367 e. The van der Waals surface area contributed by atoms with E-state index in [2.05, 4.69) is 11.1 Å². The predicted octanol–water partition coefficient (Wildman–Crippen LogP) is 3.46. The van der Waals surface area contributed by atoms with Crippen LogP contribution in [0.2, 0.25) is 5.02 Å². The van der Waals surface area contributed by atoms with Crippen LogP contribution in [0.15, 0.2) is 36.7 Å². The molecule has 0 aliphatic carbocycles. The van der Waals surface area contributed by atoms with Crippen molar-refractivity contribution in [3.8, 4) is 6.07 Å². The summed E-state index contributed by atoms with van der Waals surface area (Å²) in [7, 11) is 0. The minimum absolute atomic E-state index is 0.301. The van der Waals surface area contributed by atoms with Gasteiger partial charge in [-0.05, 0) is 29.8 Å². The van der Waals surface area contributed by atoms with Crippen molar-refractivity contribution in [2.45, 2.75) is 5.92 Å². The fourth-order valence-electron chi connectivity index (χ4n) is 1.58. The van der Waals surface area contributed by atoms with Gasteiger partial charge in [0.25, 0.3) is 0 Å². The average molecular weight is 235 g/mol. The summed E-state index contributed by atoms with van der Waals surface area (Å²) in [6.45, 7) is 0. The Labute approximate surface area is 97.3 Å². The van der Waals surface area contributed by atoms with Crippen molar-refractivity contribution >= 4 is 11.6 Å². The lowest BCUT2D eigenvalue weighted by Gasteiger charge is -2.09. The molecule has 1 N–H and O–H groups in total. The van der Waals surface area contributed by atoms with E-state index in [1.165, 1.54) is 18.2 Å². The molecule has 0 fully saturated rings. The third-order valence-electron chi connectivity index (χ3n) is 2.35. The van der Waals surface area contributed by atoms with Gasteiger partial charge in [-0.3, -0.25) is 0 Å². The second-order valence-electron chi connectivity index (χ2n) is 3.37. The van der Waals surface area contributed by atoms with Crippen molar-refractivity contribution < 1.29 is 4.39 Å². The standard InChI is InChI=1S/C12H8ClFN2/c13-9-1-2-12(14)10(5-9)11(6-15)8-3-4-16-7-8/h1-5,7,11,16H. The summed E-state index contributed by atoms with van der Waals surface area (Å²) < 4.78 is 13.6. The number of nitrogens with zero attached hydrogens (tertiary/aromatic N) is 1. The largest absolute Gasteiger partial charge is 0.367 e. The second-order valence-corrected chi connectivity index (χ2v) is 3.81. The summed E-state index contributed by atoms with van der Waals surface area (Å²) in [5.74, 6) is -1.05. The zero-order valence-electron chi connectivity index (χ0n) is 8.24. The van der Waals surface area contributed by atoms with Crippen LogP contribution in [-0.4, -0.2) is 4.98 Å². The number of hydrogen-bond donors (Lipinski definition) is 1. The highest BCUT2D eigenvalue weighted by atomic mass is 35.5. The van der Waals surface area contributed by atoms with Gasteiger partial charge >= 0.3 is 0 Å². The van der Waals surface area contributed by atoms with E-state index < -0.39 is 11.7 Å². The van der Waals surface area contributed by atoms with Crippen molar-refractivity contribution in [3.63, 3.8) is 0 Å². The van der Waals surface area contributed by atoms with Gasteiger partial charge in [0, 0.05) is 23.0 Å². The number of nitriles is 1. The highest BCUT2D eigenvalue weighted by Crippen LogP contribution is 2.28. The molecule has 0 saturated carbocycles. The Morgan fingerprint density at radius 3 is 2.81 bits per heavy atom. The number of hydrogen-bond acceptors (Lipinski definition) is 1. The second kappa shape index (κ2) is 4.38. The average Bonchev–Trinajstić information content (AvgIpc) is 2.78. The Kier molecular flexibility index (Phi) is 2.93. The summed E-state index contributed by atoms with van der Waals surface area (Å²) in [6.07, 6.45) is 3.37. The van der Waals surface area contributed by atoms with E-state index in [4.69, 9.17) is 16.9 Å². The van der Waals surface area contributed by atoms with Gasteiger partial charge in [-0.1, -0.05) is 11.6 Å². The molecule has 0 aliphatic heterocycles. The van der Waals surface area contributed by atoms with Crippen molar-refractivity contribution in [1.82, 2.24) is 4.98 Å². The van der Waals surface area contributed by atoms with E-state index in [-0.39, 0.29) is 0 Å². The van der Waals surface area contributed by atoms with Crippen molar-refractivity contribution in [2.75, 3.05) is 0 Å². The van der Waals surface area contributed by atoms with Gasteiger partial charge < -0.3 is 4.98 Å². The van der Waals surface area contributed by atoms with Gasteiger partial charge in [0.05, 0.1) is 6.07 Å². The quantitative estimate of drug-likeness (QED) is 0.849. The number of halogens is 2. The van der Waals surface area contributed by atoms with E-state index in [0.717, 1.165) is 5.56 Å². The van der Waals surface area contributed by atoms with Crippen LogP contribution >= 0.6 is 11.6 Å². The van der Waals surface area contributed by atoms with E-state index >= 15 is 0 Å². The highest BCUT2D eigenvalue weighted by molar-refractivity contribution is 6.30. The summed E-state index contributed by atoms with van der Waals surface area (Å²) in [4.78, 5) is 2.84. The highest BCUT2D eigenvalue weighted by Gasteiger charge is 2.18. The van der Waals surface area contributed by atoms with Gasteiger partial charge in [0.15, 0.2) is 0 Å². The molecule has 1 unspecified atom stereocenters. The maximum absolute atomic E-state index is 13.6. The van der Waals surface area contributed by atoms with E-state index in [9.17, 15) is 4.39 Å². The number of aromatic amines is 1. The molecule has 0 bridgehead atoms. The molecule has 4 heteroatoms. The van der Waals surface area contributed by atoms with Gasteiger partial charge in [-0.25, -0.2) is 4.39 Å². The van der Waals surface area contributed by atoms with Gasteiger partial charge in [0.1, 0.15) is 11.7 Å². The molecule has 1 heterocycles. The summed E-state index contributed by atoms with van der Waals surface area (Å²) in [5, 5.41) is 9.52. The third-order valence-corrected chi connectivity index (χ3v) is 2.59. The number of aromatic nitrogens is 1. The maximum atomic E-state index is 13.6. The monoisotopic (exact) mass is 234 g/mol. The van der Waals surface area contributed by atoms with Crippen molar-refractivity contribution in [2.24, 2.45) is 0 Å². The van der Waals surface area contributed by atoms with Crippen LogP contribution in [0.1, 0.15) is 17.0 Å². The molecule has 0 amide bonds. The smallest absolute Gasteiger partial charge is 0.128 e. The topological polar surface area (TPSA) is 39.6 Å². The van der Waals surface area contributed by atoms with Gasteiger partial charge in [-0.2, -0.15) is 5.26 Å². The Morgan fingerprint density at radius 2 is 2.19 bits per heavy atom. The number of benzene rings is 1. The molecule has 1 atom stereocenters. The molecule has 2 aromatic rings. The Morgan fingerprint density at radius 1 is 1.38 bits per heavy atom. The molecule has 1 aromatic heterocycles. The van der Waals surface area contributed by atoms with E-state index in [1.54, 1.807) is 18.5 Å². The molecular formula is C12H8ClFN2. The third kappa shape index (κ3) is 1.93. The molecule has 16 heavy (non-hydrogen) atoms. The Bertz CT molecular complexity index is 528. The minimum atomic E-state index is -0.634. The summed E-state index contributed by atoms with van der Waals surface area (Å²) in [6, 6.07) is 8.04. The summed E-state index contributed by atoms with van der Waals surface area (Å²) >= 11 is 5.80. The first kappa shape index (κ1) is 10.7.